The van der Waals surface area contributed by atoms with Gasteiger partial charge in [0.05, 0.1) is 12.5 Å². The molecule has 0 heterocycles. The van der Waals surface area contributed by atoms with E-state index < -0.39 is 11.4 Å². The first-order valence-electron chi connectivity index (χ1n) is 6.09. The molecule has 0 aliphatic heterocycles. The number of carbonyl (C=O) groups excluding carboxylic acids is 2. The lowest BCUT2D eigenvalue weighted by atomic mass is 9.70. The number of rotatable bonds is 4. The van der Waals surface area contributed by atoms with Crippen molar-refractivity contribution in [1.29, 1.82) is 0 Å². The zero-order chi connectivity index (χ0) is 12.9. The second-order valence-corrected chi connectivity index (χ2v) is 4.93. The highest BCUT2D eigenvalue weighted by atomic mass is 16.5. The molecule has 0 unspecified atom stereocenters. The van der Waals surface area contributed by atoms with Crippen molar-refractivity contribution < 1.29 is 14.3 Å². The van der Waals surface area contributed by atoms with Crippen molar-refractivity contribution in [3.05, 3.63) is 0 Å². The van der Waals surface area contributed by atoms with Crippen LogP contribution in [0.1, 0.15) is 32.6 Å². The largest absolute Gasteiger partial charge is 0.468 e. The van der Waals surface area contributed by atoms with E-state index >= 15 is 0 Å². The molecule has 1 saturated carbocycles. The van der Waals surface area contributed by atoms with Crippen LogP contribution < -0.4 is 11.1 Å². The topological polar surface area (TPSA) is 81.4 Å². The lowest BCUT2D eigenvalue weighted by Crippen LogP contribution is -2.49. The second kappa shape index (κ2) is 6.00. The van der Waals surface area contributed by atoms with E-state index in [1.807, 2.05) is 0 Å². The van der Waals surface area contributed by atoms with Gasteiger partial charge in [-0.15, -0.1) is 0 Å². The van der Waals surface area contributed by atoms with Crippen molar-refractivity contribution in [1.82, 2.24) is 5.32 Å². The summed E-state index contributed by atoms with van der Waals surface area (Å²) in [6.07, 6.45) is 3.64. The number of ether oxygens (including phenoxy) is 1. The Labute approximate surface area is 102 Å². The summed E-state index contributed by atoms with van der Waals surface area (Å²) in [6.45, 7) is 2.45. The van der Waals surface area contributed by atoms with Crippen LogP contribution in [0.3, 0.4) is 0 Å². The average molecular weight is 242 g/mol. The number of nitrogens with one attached hydrogen (secondary N) is 1. The summed E-state index contributed by atoms with van der Waals surface area (Å²) in [5, 5.41) is 2.62. The van der Waals surface area contributed by atoms with E-state index in [1.54, 1.807) is 0 Å². The first kappa shape index (κ1) is 14.0. The van der Waals surface area contributed by atoms with Gasteiger partial charge in [0, 0.05) is 6.54 Å². The van der Waals surface area contributed by atoms with E-state index in [0.717, 1.165) is 25.7 Å². The standard InChI is InChI=1S/C12H22N2O3/c1-9-3-5-12(8-13,6-4-9)11(16)14-7-10(15)17-2/h9H,3-8,13H2,1-2H3,(H,14,16). The van der Waals surface area contributed by atoms with Gasteiger partial charge in [-0.2, -0.15) is 0 Å². The number of hydrogen-bond donors (Lipinski definition) is 2. The van der Waals surface area contributed by atoms with Crippen LogP contribution in [-0.2, 0) is 14.3 Å². The summed E-state index contributed by atoms with van der Waals surface area (Å²) in [5.41, 5.74) is 5.26. The zero-order valence-corrected chi connectivity index (χ0v) is 10.6. The fourth-order valence-electron chi connectivity index (χ4n) is 2.25. The molecule has 5 nitrogen and oxygen atoms in total. The van der Waals surface area contributed by atoms with Gasteiger partial charge in [0.25, 0.3) is 0 Å². The molecule has 1 rings (SSSR count). The molecule has 5 heteroatoms. The van der Waals surface area contributed by atoms with E-state index in [4.69, 9.17) is 5.73 Å². The van der Waals surface area contributed by atoms with Gasteiger partial charge in [-0.1, -0.05) is 6.92 Å². The Kier molecular flexibility index (Phi) is 4.93. The molecule has 1 fully saturated rings. The zero-order valence-electron chi connectivity index (χ0n) is 10.6. The van der Waals surface area contributed by atoms with Crippen molar-refractivity contribution in [2.24, 2.45) is 17.1 Å². The molecule has 3 N–H and O–H groups in total. The quantitative estimate of drug-likeness (QED) is 0.700. The van der Waals surface area contributed by atoms with Crippen LogP contribution in [0.25, 0.3) is 0 Å². The monoisotopic (exact) mass is 242 g/mol. The molecule has 0 spiro atoms. The van der Waals surface area contributed by atoms with Crippen molar-refractivity contribution in [2.75, 3.05) is 20.2 Å². The molecule has 0 aromatic heterocycles. The second-order valence-electron chi connectivity index (χ2n) is 4.93. The van der Waals surface area contributed by atoms with E-state index in [2.05, 4.69) is 17.0 Å². The van der Waals surface area contributed by atoms with Crippen LogP contribution in [0.15, 0.2) is 0 Å². The number of methoxy groups -OCH3 is 1. The Morgan fingerprint density at radius 2 is 2.00 bits per heavy atom. The smallest absolute Gasteiger partial charge is 0.325 e. The lowest BCUT2D eigenvalue weighted by molar-refractivity contribution is -0.143. The molecule has 0 aromatic rings. The van der Waals surface area contributed by atoms with Gasteiger partial charge in [-0.05, 0) is 31.6 Å². The normalized spacial score (nSPS) is 28.5. The minimum absolute atomic E-state index is 0.0767. The van der Waals surface area contributed by atoms with Gasteiger partial charge in [-0.25, -0.2) is 0 Å². The van der Waals surface area contributed by atoms with E-state index in [1.165, 1.54) is 7.11 Å². The molecule has 0 atom stereocenters. The molecule has 17 heavy (non-hydrogen) atoms. The molecule has 0 radical (unpaired) electrons. The summed E-state index contributed by atoms with van der Waals surface area (Å²) in [6, 6.07) is 0. The third-order valence-corrected chi connectivity index (χ3v) is 3.72. The predicted octanol–water partition coefficient (Wildman–Crippen LogP) is 0.431. The van der Waals surface area contributed by atoms with E-state index in [0.29, 0.717) is 12.5 Å². The van der Waals surface area contributed by atoms with Crippen LogP contribution in [0.5, 0.6) is 0 Å². The molecule has 1 aliphatic carbocycles. The molecular formula is C12H22N2O3. The Morgan fingerprint density at radius 1 is 1.41 bits per heavy atom. The number of carbonyl (C=O) groups is 2. The maximum absolute atomic E-state index is 12.1. The minimum atomic E-state index is -0.486. The van der Waals surface area contributed by atoms with Crippen LogP contribution in [0.2, 0.25) is 0 Å². The highest BCUT2D eigenvalue weighted by molar-refractivity contribution is 5.86. The van der Waals surface area contributed by atoms with Crippen molar-refractivity contribution in [3.8, 4) is 0 Å². The molecule has 98 valence electrons. The predicted molar refractivity (Wildman–Crippen MR) is 64.1 cm³/mol. The third kappa shape index (κ3) is 3.43. The number of hydrogen-bond acceptors (Lipinski definition) is 4. The summed E-state index contributed by atoms with van der Waals surface area (Å²) >= 11 is 0. The van der Waals surface area contributed by atoms with Gasteiger partial charge in [-0.3, -0.25) is 9.59 Å². The SMILES string of the molecule is COC(=O)CNC(=O)C1(CN)CCC(C)CC1. The van der Waals surface area contributed by atoms with Crippen LogP contribution in [0.4, 0.5) is 0 Å². The van der Waals surface area contributed by atoms with Crippen LogP contribution in [-0.4, -0.2) is 32.1 Å². The summed E-state index contributed by atoms with van der Waals surface area (Å²) in [7, 11) is 1.30. The minimum Gasteiger partial charge on any atom is -0.468 e. The molecule has 1 aliphatic rings. The third-order valence-electron chi connectivity index (χ3n) is 3.72. The Hall–Kier alpha value is -1.10. The molecule has 0 aromatic carbocycles. The average Bonchev–Trinajstić information content (AvgIpc) is 2.36. The first-order valence-corrected chi connectivity index (χ1v) is 6.09. The van der Waals surface area contributed by atoms with E-state index in [-0.39, 0.29) is 12.5 Å². The fourth-order valence-corrected chi connectivity index (χ4v) is 2.25. The van der Waals surface area contributed by atoms with Gasteiger partial charge in [0.15, 0.2) is 0 Å². The van der Waals surface area contributed by atoms with Gasteiger partial charge in [0.1, 0.15) is 6.54 Å². The van der Waals surface area contributed by atoms with Crippen molar-refractivity contribution >= 4 is 11.9 Å². The summed E-state index contributed by atoms with van der Waals surface area (Å²) in [5.74, 6) is 0.107. The van der Waals surface area contributed by atoms with Crippen LogP contribution >= 0.6 is 0 Å². The maximum atomic E-state index is 12.1. The molecule has 0 bridgehead atoms. The lowest BCUT2D eigenvalue weighted by Gasteiger charge is -2.36. The Balaban J connectivity index is 2.54. The highest BCUT2D eigenvalue weighted by Crippen LogP contribution is 2.38. The highest BCUT2D eigenvalue weighted by Gasteiger charge is 2.39. The Bertz CT molecular complexity index is 283. The summed E-state index contributed by atoms with van der Waals surface area (Å²) < 4.78 is 4.49. The van der Waals surface area contributed by atoms with Gasteiger partial charge < -0.3 is 15.8 Å². The number of nitrogens with two attached hydrogens (primary N) is 1. The fraction of sp³-hybridized carbons (Fsp3) is 0.833. The summed E-state index contributed by atoms with van der Waals surface area (Å²) in [4.78, 5) is 23.1. The Morgan fingerprint density at radius 3 is 2.47 bits per heavy atom. The van der Waals surface area contributed by atoms with E-state index in [9.17, 15) is 9.59 Å². The maximum Gasteiger partial charge on any atom is 0.325 e. The number of esters is 1. The first-order chi connectivity index (χ1) is 8.04. The molecule has 0 saturated heterocycles. The molecular weight excluding hydrogens is 220 g/mol. The molecule has 1 amide bonds. The van der Waals surface area contributed by atoms with Crippen molar-refractivity contribution in [2.45, 2.75) is 32.6 Å². The number of amides is 1. The van der Waals surface area contributed by atoms with Crippen molar-refractivity contribution in [3.63, 3.8) is 0 Å². The van der Waals surface area contributed by atoms with Gasteiger partial charge in [0.2, 0.25) is 5.91 Å². The van der Waals surface area contributed by atoms with Crippen LogP contribution in [0, 0.1) is 11.3 Å². The van der Waals surface area contributed by atoms with Gasteiger partial charge >= 0.3 is 5.97 Å².